The summed E-state index contributed by atoms with van der Waals surface area (Å²) >= 11 is 0. The average molecular weight is 666 g/mol. The second-order valence-corrected chi connectivity index (χ2v) is 14.5. The van der Waals surface area contributed by atoms with Crippen LogP contribution < -0.4 is 16.0 Å². The van der Waals surface area contributed by atoms with Crippen LogP contribution in [0.25, 0.3) is 0 Å². The van der Waals surface area contributed by atoms with Crippen molar-refractivity contribution < 1.29 is 33.4 Å². The Morgan fingerprint density at radius 2 is 1.81 bits per heavy atom. The van der Waals surface area contributed by atoms with Gasteiger partial charge >= 0.3 is 6.09 Å². The summed E-state index contributed by atoms with van der Waals surface area (Å²) < 4.78 is 11.1. The zero-order chi connectivity index (χ0) is 34.5. The van der Waals surface area contributed by atoms with Crippen molar-refractivity contribution in [1.82, 2.24) is 25.8 Å². The number of likely N-dealkylation sites (tertiary alicyclic amines) is 1. The molecule has 1 saturated carbocycles. The zero-order valence-corrected chi connectivity index (χ0v) is 28.7. The van der Waals surface area contributed by atoms with Gasteiger partial charge in [0.15, 0.2) is 0 Å². The fraction of sp³-hybridized carbons (Fsp3) is 0.639. The molecular formula is C36H51N5O7. The molecule has 1 aromatic carbocycles. The number of amides is 5. The largest absolute Gasteiger partial charge is 0.444 e. The number of nitrogens with zero attached hydrogens (tertiary/aromatic N) is 2. The van der Waals surface area contributed by atoms with Gasteiger partial charge in [-0.15, -0.1) is 0 Å². The van der Waals surface area contributed by atoms with E-state index in [1.54, 1.807) is 32.8 Å². The fourth-order valence-corrected chi connectivity index (χ4v) is 7.12. The average Bonchev–Trinajstić information content (AvgIpc) is 3.36. The highest BCUT2D eigenvalue weighted by molar-refractivity contribution is 6.00. The number of nitrogens with one attached hydrogen (secondary N) is 3. The molecule has 0 aromatic heterocycles. The SMILES string of the molecule is CO[C@@H]1C[C@H]2C(=O)N[C@]3(C(=O)N4CCC[C@@H]4C(=O)NCc4ccccc4)C[C@@H]3/C=C\CCCCC[C@H](NC(=O)OC(C)(C)C)C(=O)N2C1. The number of alkyl carbamates (subject to hydrolysis) is 1. The number of carbonyl (C=O) groups is 5. The zero-order valence-electron chi connectivity index (χ0n) is 28.7. The second kappa shape index (κ2) is 15.1. The molecule has 48 heavy (non-hydrogen) atoms. The maximum absolute atomic E-state index is 14.4. The van der Waals surface area contributed by atoms with Crippen molar-refractivity contribution in [1.29, 1.82) is 0 Å². The van der Waals surface area contributed by atoms with Crippen LogP contribution in [0.5, 0.6) is 0 Å². The van der Waals surface area contributed by atoms with Crippen molar-refractivity contribution in [3.8, 4) is 0 Å². The predicted molar refractivity (Wildman–Crippen MR) is 178 cm³/mol. The number of rotatable bonds is 6. The van der Waals surface area contributed by atoms with Gasteiger partial charge in [0.05, 0.1) is 6.10 Å². The van der Waals surface area contributed by atoms with Gasteiger partial charge in [0, 0.05) is 39.1 Å². The van der Waals surface area contributed by atoms with Gasteiger partial charge < -0.3 is 35.2 Å². The minimum atomic E-state index is -1.20. The molecule has 5 amide bonds. The fourth-order valence-electron chi connectivity index (χ4n) is 7.12. The molecule has 12 heteroatoms. The maximum Gasteiger partial charge on any atom is 0.408 e. The van der Waals surface area contributed by atoms with Gasteiger partial charge in [0.25, 0.3) is 0 Å². The normalized spacial score (nSPS) is 30.2. The molecule has 1 aliphatic carbocycles. The molecule has 0 radical (unpaired) electrons. The number of hydrogen-bond acceptors (Lipinski definition) is 7. The highest BCUT2D eigenvalue weighted by Crippen LogP contribution is 2.47. The Bertz CT molecular complexity index is 1380. The Hall–Kier alpha value is -3.93. The van der Waals surface area contributed by atoms with E-state index in [-0.39, 0.29) is 42.7 Å². The third-order valence-electron chi connectivity index (χ3n) is 9.77. The Balaban J connectivity index is 1.36. The summed E-state index contributed by atoms with van der Waals surface area (Å²) in [6, 6.07) is 7.21. The van der Waals surface area contributed by atoms with E-state index < -0.39 is 41.3 Å². The number of methoxy groups -OCH3 is 1. The summed E-state index contributed by atoms with van der Waals surface area (Å²) in [7, 11) is 1.54. The lowest BCUT2D eigenvalue weighted by molar-refractivity contribution is -0.145. The van der Waals surface area contributed by atoms with Crippen LogP contribution in [-0.2, 0) is 35.2 Å². The summed E-state index contributed by atoms with van der Waals surface area (Å²) in [5.41, 5.74) is -0.977. The third-order valence-corrected chi connectivity index (χ3v) is 9.77. The quantitative estimate of drug-likeness (QED) is 0.396. The van der Waals surface area contributed by atoms with E-state index in [0.29, 0.717) is 45.2 Å². The molecular weight excluding hydrogens is 614 g/mol. The minimum absolute atomic E-state index is 0.181. The summed E-state index contributed by atoms with van der Waals surface area (Å²) in [5.74, 6) is -1.52. The molecule has 262 valence electrons. The van der Waals surface area contributed by atoms with Crippen molar-refractivity contribution in [2.24, 2.45) is 5.92 Å². The number of allylic oxidation sites excluding steroid dienone is 1. The topological polar surface area (TPSA) is 146 Å². The lowest BCUT2D eigenvalue weighted by atomic mass is 10.0. The molecule has 3 heterocycles. The van der Waals surface area contributed by atoms with Gasteiger partial charge in [-0.1, -0.05) is 55.3 Å². The number of hydrogen-bond donors (Lipinski definition) is 3. The van der Waals surface area contributed by atoms with Crippen molar-refractivity contribution >= 4 is 29.7 Å². The molecule has 4 aliphatic rings. The molecule has 1 aromatic rings. The number of ether oxygens (including phenoxy) is 2. The van der Waals surface area contributed by atoms with Gasteiger partial charge in [0.2, 0.25) is 23.6 Å². The molecule has 3 fully saturated rings. The van der Waals surface area contributed by atoms with Crippen LogP contribution in [0.2, 0.25) is 0 Å². The van der Waals surface area contributed by atoms with E-state index in [1.807, 2.05) is 36.4 Å². The van der Waals surface area contributed by atoms with Crippen LogP contribution in [0.1, 0.15) is 84.1 Å². The van der Waals surface area contributed by atoms with E-state index in [1.165, 1.54) is 4.90 Å². The van der Waals surface area contributed by atoms with Crippen molar-refractivity contribution in [3.05, 3.63) is 48.0 Å². The van der Waals surface area contributed by atoms with Crippen molar-refractivity contribution in [2.75, 3.05) is 20.2 Å². The van der Waals surface area contributed by atoms with Gasteiger partial charge in [-0.05, 0) is 64.9 Å². The smallest absolute Gasteiger partial charge is 0.408 e. The van der Waals surface area contributed by atoms with Crippen LogP contribution in [-0.4, -0.2) is 95.1 Å². The van der Waals surface area contributed by atoms with Gasteiger partial charge in [-0.2, -0.15) is 0 Å². The van der Waals surface area contributed by atoms with E-state index >= 15 is 0 Å². The minimum Gasteiger partial charge on any atom is -0.444 e. The Kier molecular flexibility index (Phi) is 11.1. The monoisotopic (exact) mass is 665 g/mol. The first-order valence-corrected chi connectivity index (χ1v) is 17.4. The first kappa shape index (κ1) is 35.4. The Morgan fingerprint density at radius 3 is 2.54 bits per heavy atom. The molecule has 0 bridgehead atoms. The summed E-state index contributed by atoms with van der Waals surface area (Å²) in [6.07, 6.45) is 8.50. The third kappa shape index (κ3) is 8.37. The number of carbonyl (C=O) groups excluding carboxylic acids is 5. The van der Waals surface area contributed by atoms with Crippen molar-refractivity contribution in [3.63, 3.8) is 0 Å². The van der Waals surface area contributed by atoms with Gasteiger partial charge in [0.1, 0.15) is 29.3 Å². The highest BCUT2D eigenvalue weighted by Gasteiger charge is 2.63. The van der Waals surface area contributed by atoms with Crippen LogP contribution in [0.3, 0.4) is 0 Å². The summed E-state index contributed by atoms with van der Waals surface area (Å²) in [4.78, 5) is 71.8. The molecule has 0 unspecified atom stereocenters. The molecule has 3 N–H and O–H groups in total. The summed E-state index contributed by atoms with van der Waals surface area (Å²) in [5, 5.41) is 8.82. The summed E-state index contributed by atoms with van der Waals surface area (Å²) in [6.45, 7) is 6.24. The van der Waals surface area contributed by atoms with Crippen molar-refractivity contribution in [2.45, 2.75) is 120 Å². The molecule has 2 saturated heterocycles. The van der Waals surface area contributed by atoms with E-state index in [0.717, 1.165) is 24.8 Å². The molecule has 3 aliphatic heterocycles. The number of benzene rings is 1. The predicted octanol–water partition coefficient (Wildman–Crippen LogP) is 3.20. The van der Waals surface area contributed by atoms with Crippen LogP contribution in [0.4, 0.5) is 4.79 Å². The molecule has 12 nitrogen and oxygen atoms in total. The van der Waals surface area contributed by atoms with Crippen LogP contribution in [0, 0.1) is 5.92 Å². The highest BCUT2D eigenvalue weighted by atomic mass is 16.6. The van der Waals surface area contributed by atoms with E-state index in [2.05, 4.69) is 22.0 Å². The van der Waals surface area contributed by atoms with Gasteiger partial charge in [-0.3, -0.25) is 19.2 Å². The van der Waals surface area contributed by atoms with Crippen LogP contribution in [0.15, 0.2) is 42.5 Å². The lowest BCUT2D eigenvalue weighted by Gasteiger charge is -2.32. The van der Waals surface area contributed by atoms with Crippen LogP contribution >= 0.6 is 0 Å². The van der Waals surface area contributed by atoms with E-state index in [4.69, 9.17) is 9.47 Å². The standard InChI is InChI=1S/C36H51N5O7/c1-35(2,3)48-34(46)38-27-17-12-7-5-6-11-16-25-21-36(25,39-31(43)29-20-26(47-4)23-41(29)32(27)44)33(45)40-19-13-18-28(40)30(42)37-22-24-14-9-8-10-15-24/h8-11,14-16,25-29H,5-7,12-13,17-23H2,1-4H3,(H,37,42)(H,38,46)(H,39,43)/b16-11-/t25-,26+,27-,28+,29-,36+/m0/s1. The molecule has 5 rings (SSSR count). The molecule has 0 spiro atoms. The second-order valence-electron chi connectivity index (χ2n) is 14.5. The first-order valence-electron chi connectivity index (χ1n) is 17.4. The Labute approximate surface area is 283 Å². The van der Waals surface area contributed by atoms with Gasteiger partial charge in [-0.25, -0.2) is 4.79 Å². The maximum atomic E-state index is 14.4. The Morgan fingerprint density at radius 1 is 1.04 bits per heavy atom. The molecule has 6 atom stereocenters. The lowest BCUT2D eigenvalue weighted by Crippen LogP contribution is -2.59. The van der Waals surface area contributed by atoms with E-state index in [9.17, 15) is 24.0 Å². The first-order chi connectivity index (χ1) is 22.9. The number of fused-ring (bicyclic) bond motifs is 2.